The lowest BCUT2D eigenvalue weighted by atomic mass is 10.1. The third-order valence-corrected chi connectivity index (χ3v) is 5.78. The first-order valence-corrected chi connectivity index (χ1v) is 10.0. The average Bonchev–Trinajstić information content (AvgIpc) is 3.04. The molecule has 0 saturated carbocycles. The number of hydrogen-bond acceptors (Lipinski definition) is 3. The van der Waals surface area contributed by atoms with Gasteiger partial charge < -0.3 is 14.7 Å². The van der Waals surface area contributed by atoms with Crippen LogP contribution < -0.4 is 9.80 Å². The van der Waals surface area contributed by atoms with E-state index in [0.29, 0.717) is 13.1 Å². The van der Waals surface area contributed by atoms with E-state index in [9.17, 15) is 9.59 Å². The van der Waals surface area contributed by atoms with Gasteiger partial charge in [0.15, 0.2) is 0 Å². The predicted molar refractivity (Wildman–Crippen MR) is 112 cm³/mol. The van der Waals surface area contributed by atoms with Crippen LogP contribution >= 0.6 is 0 Å². The Kier molecular flexibility index (Phi) is 5.07. The second kappa shape index (κ2) is 7.66. The number of fused-ring (bicyclic) bond motifs is 1. The second-order valence-electron chi connectivity index (χ2n) is 7.83. The Hall–Kier alpha value is -2.82. The molecule has 2 aromatic carbocycles. The molecule has 1 saturated heterocycles. The molecule has 2 aliphatic rings. The summed E-state index contributed by atoms with van der Waals surface area (Å²) in [7, 11) is 0. The van der Waals surface area contributed by atoms with Crippen LogP contribution in [0.1, 0.15) is 24.5 Å². The van der Waals surface area contributed by atoms with E-state index in [0.717, 1.165) is 25.2 Å². The van der Waals surface area contributed by atoms with Crippen LogP contribution in [0.3, 0.4) is 0 Å². The van der Waals surface area contributed by atoms with E-state index in [1.807, 2.05) is 30.0 Å². The number of rotatable bonds is 3. The summed E-state index contributed by atoms with van der Waals surface area (Å²) in [4.78, 5) is 31.5. The van der Waals surface area contributed by atoms with Crippen molar-refractivity contribution in [3.05, 3.63) is 59.7 Å². The van der Waals surface area contributed by atoms with Crippen LogP contribution in [0, 0.1) is 6.92 Å². The minimum absolute atomic E-state index is 0.0525. The molecule has 0 aliphatic carbocycles. The zero-order valence-corrected chi connectivity index (χ0v) is 16.6. The van der Waals surface area contributed by atoms with E-state index in [2.05, 4.69) is 42.2 Å². The molecular formula is C23H27N3O2. The average molecular weight is 377 g/mol. The first-order valence-electron chi connectivity index (χ1n) is 10.0. The molecule has 2 amide bonds. The van der Waals surface area contributed by atoms with Crippen LogP contribution in [-0.2, 0) is 16.0 Å². The smallest absolute Gasteiger partial charge is 0.236 e. The number of benzene rings is 2. The highest BCUT2D eigenvalue weighted by molar-refractivity contribution is 6.06. The molecule has 2 aromatic rings. The fourth-order valence-electron chi connectivity index (χ4n) is 4.31. The summed E-state index contributed by atoms with van der Waals surface area (Å²) in [6.07, 6.45) is 0.800. The van der Waals surface area contributed by atoms with Gasteiger partial charge in [-0.05, 0) is 49.6 Å². The molecule has 5 heteroatoms. The maximum Gasteiger partial charge on any atom is 0.236 e. The quantitative estimate of drug-likeness (QED) is 0.773. The summed E-state index contributed by atoms with van der Waals surface area (Å²) < 4.78 is 0. The molecule has 0 N–H and O–H groups in total. The van der Waals surface area contributed by atoms with E-state index in [1.54, 1.807) is 4.90 Å². The minimum atomic E-state index is -0.0939. The monoisotopic (exact) mass is 377 g/mol. The van der Waals surface area contributed by atoms with Crippen LogP contribution in [0.2, 0.25) is 0 Å². The van der Waals surface area contributed by atoms with Crippen LogP contribution in [0.5, 0.6) is 0 Å². The number of para-hydroxylation sites is 1. The SMILES string of the molecule is Cc1cccc(N2CCN(C(=O)CC(=O)N3c4ccccc4CC3C)CC2)c1. The van der Waals surface area contributed by atoms with Gasteiger partial charge in [-0.15, -0.1) is 0 Å². The van der Waals surface area contributed by atoms with Gasteiger partial charge in [0.05, 0.1) is 0 Å². The zero-order chi connectivity index (χ0) is 19.7. The van der Waals surface area contributed by atoms with Gasteiger partial charge in [-0.25, -0.2) is 0 Å². The van der Waals surface area contributed by atoms with Gasteiger partial charge in [0, 0.05) is 43.6 Å². The number of hydrogen-bond donors (Lipinski definition) is 0. The number of anilines is 2. The molecule has 4 rings (SSSR count). The molecule has 5 nitrogen and oxygen atoms in total. The maximum atomic E-state index is 12.9. The number of nitrogens with zero attached hydrogens (tertiary/aromatic N) is 3. The van der Waals surface area contributed by atoms with Crippen molar-refractivity contribution in [1.82, 2.24) is 4.90 Å². The summed E-state index contributed by atoms with van der Waals surface area (Å²) in [5.74, 6) is -0.158. The summed E-state index contributed by atoms with van der Waals surface area (Å²) in [6.45, 7) is 7.05. The molecule has 1 fully saturated rings. The molecule has 0 radical (unpaired) electrons. The summed E-state index contributed by atoms with van der Waals surface area (Å²) in [6, 6.07) is 16.5. The molecule has 28 heavy (non-hydrogen) atoms. The van der Waals surface area contributed by atoms with Crippen molar-refractivity contribution in [3.63, 3.8) is 0 Å². The number of piperazine rings is 1. The molecule has 0 spiro atoms. The van der Waals surface area contributed by atoms with Gasteiger partial charge in [0.2, 0.25) is 11.8 Å². The number of amides is 2. The lowest BCUT2D eigenvalue weighted by Gasteiger charge is -2.36. The van der Waals surface area contributed by atoms with Gasteiger partial charge in [-0.3, -0.25) is 9.59 Å². The topological polar surface area (TPSA) is 43.9 Å². The number of aryl methyl sites for hydroxylation is 1. The fraction of sp³-hybridized carbons (Fsp3) is 0.391. The Morgan fingerprint density at radius 3 is 2.46 bits per heavy atom. The fourth-order valence-corrected chi connectivity index (χ4v) is 4.31. The molecule has 0 aromatic heterocycles. The van der Waals surface area contributed by atoms with Crippen molar-refractivity contribution in [2.75, 3.05) is 36.0 Å². The Labute approximate surface area is 166 Å². The van der Waals surface area contributed by atoms with Gasteiger partial charge in [-0.2, -0.15) is 0 Å². The number of carbonyl (C=O) groups is 2. The van der Waals surface area contributed by atoms with Crippen LogP contribution in [0.15, 0.2) is 48.5 Å². The third-order valence-electron chi connectivity index (χ3n) is 5.78. The predicted octanol–water partition coefficient (Wildman–Crippen LogP) is 3.01. The molecule has 146 valence electrons. The van der Waals surface area contributed by atoms with Crippen molar-refractivity contribution in [1.29, 1.82) is 0 Å². The van der Waals surface area contributed by atoms with Crippen molar-refractivity contribution in [2.45, 2.75) is 32.7 Å². The summed E-state index contributed by atoms with van der Waals surface area (Å²) in [5, 5.41) is 0. The second-order valence-corrected chi connectivity index (χ2v) is 7.83. The normalized spacial score (nSPS) is 18.9. The lowest BCUT2D eigenvalue weighted by Crippen LogP contribution is -2.50. The Balaban J connectivity index is 1.35. The Bertz CT molecular complexity index is 887. The van der Waals surface area contributed by atoms with Crippen LogP contribution in [0.4, 0.5) is 11.4 Å². The van der Waals surface area contributed by atoms with Crippen molar-refractivity contribution < 1.29 is 9.59 Å². The van der Waals surface area contributed by atoms with E-state index < -0.39 is 0 Å². The standard InChI is InChI=1S/C23H27N3O2/c1-17-6-5-8-20(14-17)24-10-12-25(13-11-24)22(27)16-23(28)26-18(2)15-19-7-3-4-9-21(19)26/h3-9,14,18H,10-13,15-16H2,1-2H3. The van der Waals surface area contributed by atoms with Crippen molar-refractivity contribution in [2.24, 2.45) is 0 Å². The molecule has 1 atom stereocenters. The minimum Gasteiger partial charge on any atom is -0.368 e. The maximum absolute atomic E-state index is 12.9. The lowest BCUT2D eigenvalue weighted by molar-refractivity contribution is -0.135. The Morgan fingerprint density at radius 2 is 1.71 bits per heavy atom. The highest BCUT2D eigenvalue weighted by Crippen LogP contribution is 2.32. The van der Waals surface area contributed by atoms with E-state index >= 15 is 0 Å². The van der Waals surface area contributed by atoms with Gasteiger partial charge >= 0.3 is 0 Å². The molecular weight excluding hydrogens is 350 g/mol. The summed E-state index contributed by atoms with van der Waals surface area (Å²) in [5.41, 5.74) is 4.58. The highest BCUT2D eigenvalue weighted by Gasteiger charge is 2.32. The zero-order valence-electron chi connectivity index (χ0n) is 16.6. The highest BCUT2D eigenvalue weighted by atomic mass is 16.2. The van der Waals surface area contributed by atoms with E-state index in [1.165, 1.54) is 16.8 Å². The van der Waals surface area contributed by atoms with E-state index in [-0.39, 0.29) is 24.3 Å². The third kappa shape index (κ3) is 3.61. The first kappa shape index (κ1) is 18.5. The molecule has 2 heterocycles. The molecule has 2 aliphatic heterocycles. The van der Waals surface area contributed by atoms with Crippen LogP contribution in [0.25, 0.3) is 0 Å². The van der Waals surface area contributed by atoms with Crippen molar-refractivity contribution in [3.8, 4) is 0 Å². The van der Waals surface area contributed by atoms with Gasteiger partial charge in [-0.1, -0.05) is 30.3 Å². The van der Waals surface area contributed by atoms with Crippen LogP contribution in [-0.4, -0.2) is 48.9 Å². The Morgan fingerprint density at radius 1 is 0.964 bits per heavy atom. The molecule has 0 bridgehead atoms. The van der Waals surface area contributed by atoms with Gasteiger partial charge in [0.1, 0.15) is 6.42 Å². The summed E-state index contributed by atoms with van der Waals surface area (Å²) >= 11 is 0. The molecule has 1 unspecified atom stereocenters. The first-order chi connectivity index (χ1) is 13.5. The number of carbonyl (C=O) groups excluding carboxylic acids is 2. The van der Waals surface area contributed by atoms with E-state index in [4.69, 9.17) is 0 Å². The van der Waals surface area contributed by atoms with Crippen molar-refractivity contribution >= 4 is 23.2 Å². The van der Waals surface area contributed by atoms with Gasteiger partial charge in [0.25, 0.3) is 0 Å². The largest absolute Gasteiger partial charge is 0.368 e.